The number of benzene rings is 2. The summed E-state index contributed by atoms with van der Waals surface area (Å²) in [6, 6.07) is 15.0. The molecule has 0 spiro atoms. The van der Waals surface area contributed by atoms with Crippen LogP contribution in [0.5, 0.6) is 0 Å². The molecule has 7 heteroatoms. The van der Waals surface area contributed by atoms with Crippen molar-refractivity contribution in [3.05, 3.63) is 72.1 Å². The summed E-state index contributed by atoms with van der Waals surface area (Å²) in [4.78, 5) is 22.5. The van der Waals surface area contributed by atoms with Gasteiger partial charge in [0.1, 0.15) is 0 Å². The Morgan fingerprint density at radius 1 is 0.742 bits per heavy atom. The zero-order chi connectivity index (χ0) is 22.4. The lowest BCUT2D eigenvalue weighted by molar-refractivity contribution is -0.113. The standard InChI is InChI=1S/C24H24N4O3/c1-15(11-17(3)29)25-21-9-5-7-19(13-21)23-27-28-24(31-23)20-8-6-10-22(14-20)26-16(2)12-18(4)30/h5-14,25-26H,1-4H3/b15-11+,16-12+. The van der Waals surface area contributed by atoms with Crippen molar-refractivity contribution in [1.29, 1.82) is 0 Å². The van der Waals surface area contributed by atoms with Crippen molar-refractivity contribution in [1.82, 2.24) is 10.2 Å². The third-order valence-corrected chi connectivity index (χ3v) is 4.17. The lowest BCUT2D eigenvalue weighted by atomic mass is 10.2. The number of ketones is 2. The molecule has 0 aliphatic carbocycles. The monoisotopic (exact) mass is 416 g/mol. The Hall–Kier alpha value is -4.00. The number of nitrogens with zero attached hydrogens (tertiary/aromatic N) is 2. The van der Waals surface area contributed by atoms with Gasteiger partial charge in [-0.25, -0.2) is 0 Å². The van der Waals surface area contributed by atoms with E-state index in [9.17, 15) is 9.59 Å². The minimum Gasteiger partial charge on any atom is -0.416 e. The number of hydrogen-bond acceptors (Lipinski definition) is 7. The third kappa shape index (κ3) is 6.24. The average Bonchev–Trinajstić information content (AvgIpc) is 3.17. The molecule has 3 aromatic rings. The topological polar surface area (TPSA) is 97.1 Å². The molecule has 7 nitrogen and oxygen atoms in total. The van der Waals surface area contributed by atoms with Gasteiger partial charge in [-0.3, -0.25) is 9.59 Å². The highest BCUT2D eigenvalue weighted by Gasteiger charge is 2.12. The predicted molar refractivity (Wildman–Crippen MR) is 121 cm³/mol. The van der Waals surface area contributed by atoms with Crippen LogP contribution in [0, 0.1) is 0 Å². The molecule has 0 radical (unpaired) electrons. The molecule has 2 aromatic carbocycles. The van der Waals surface area contributed by atoms with Crippen LogP contribution in [-0.2, 0) is 9.59 Å². The molecular formula is C24H24N4O3. The SMILES string of the molecule is CC(=O)/C=C(\C)Nc1cccc(-c2nnc(-c3cccc(N/C(C)=C/C(C)=O)c3)o2)c1. The first-order chi connectivity index (χ1) is 14.8. The molecule has 1 aromatic heterocycles. The average molecular weight is 416 g/mol. The molecule has 0 atom stereocenters. The van der Waals surface area contributed by atoms with Gasteiger partial charge in [0.05, 0.1) is 0 Å². The summed E-state index contributed by atoms with van der Waals surface area (Å²) in [7, 11) is 0. The Balaban J connectivity index is 1.81. The lowest BCUT2D eigenvalue weighted by Crippen LogP contribution is -1.98. The van der Waals surface area contributed by atoms with Gasteiger partial charge in [-0.15, -0.1) is 10.2 Å². The highest BCUT2D eigenvalue weighted by atomic mass is 16.4. The fraction of sp³-hybridized carbons (Fsp3) is 0.167. The van der Waals surface area contributed by atoms with Crippen LogP contribution in [0.2, 0.25) is 0 Å². The van der Waals surface area contributed by atoms with E-state index in [1.54, 1.807) is 0 Å². The van der Waals surface area contributed by atoms with Gasteiger partial charge in [0.2, 0.25) is 11.8 Å². The molecule has 158 valence electrons. The van der Waals surface area contributed by atoms with E-state index in [2.05, 4.69) is 20.8 Å². The number of carbonyl (C=O) groups is 2. The Labute approximate surface area is 180 Å². The summed E-state index contributed by atoms with van der Waals surface area (Å²) in [5.74, 6) is 0.730. The summed E-state index contributed by atoms with van der Waals surface area (Å²) < 4.78 is 5.89. The van der Waals surface area contributed by atoms with Crippen LogP contribution in [0.1, 0.15) is 27.7 Å². The lowest BCUT2D eigenvalue weighted by Gasteiger charge is -2.07. The Morgan fingerprint density at radius 2 is 1.16 bits per heavy atom. The summed E-state index contributed by atoms with van der Waals surface area (Å²) in [5, 5.41) is 14.7. The van der Waals surface area contributed by atoms with Gasteiger partial charge in [0.25, 0.3) is 0 Å². The van der Waals surface area contributed by atoms with Crippen LogP contribution in [0.15, 0.2) is 76.5 Å². The van der Waals surface area contributed by atoms with Crippen LogP contribution >= 0.6 is 0 Å². The van der Waals surface area contributed by atoms with E-state index in [0.29, 0.717) is 11.8 Å². The van der Waals surface area contributed by atoms with E-state index in [-0.39, 0.29) is 11.6 Å². The highest BCUT2D eigenvalue weighted by molar-refractivity contribution is 5.89. The van der Waals surface area contributed by atoms with Crippen LogP contribution < -0.4 is 10.6 Å². The van der Waals surface area contributed by atoms with Gasteiger partial charge in [-0.05, 0) is 76.2 Å². The molecule has 0 unspecified atom stereocenters. The minimum atomic E-state index is -0.0219. The summed E-state index contributed by atoms with van der Waals surface area (Å²) in [6.45, 7) is 6.67. The number of rotatable bonds is 8. The zero-order valence-electron chi connectivity index (χ0n) is 17.9. The fourth-order valence-electron chi connectivity index (χ4n) is 3.05. The van der Waals surface area contributed by atoms with Gasteiger partial charge < -0.3 is 15.1 Å². The van der Waals surface area contributed by atoms with Gasteiger partial charge in [-0.1, -0.05) is 12.1 Å². The van der Waals surface area contributed by atoms with Crippen molar-refractivity contribution in [2.24, 2.45) is 0 Å². The van der Waals surface area contributed by atoms with E-state index in [4.69, 9.17) is 4.42 Å². The van der Waals surface area contributed by atoms with Gasteiger partial charge >= 0.3 is 0 Å². The maximum absolute atomic E-state index is 11.2. The van der Waals surface area contributed by atoms with Crippen molar-refractivity contribution >= 4 is 22.9 Å². The molecule has 3 rings (SSSR count). The normalized spacial score (nSPS) is 11.9. The van der Waals surface area contributed by atoms with Crippen molar-refractivity contribution < 1.29 is 14.0 Å². The summed E-state index contributed by atoms with van der Waals surface area (Å²) in [6.07, 6.45) is 3.07. The van der Waals surface area contributed by atoms with Crippen molar-refractivity contribution in [3.63, 3.8) is 0 Å². The van der Waals surface area contributed by atoms with Crippen LogP contribution in [-0.4, -0.2) is 21.8 Å². The second-order valence-corrected chi connectivity index (χ2v) is 7.20. The fourth-order valence-corrected chi connectivity index (χ4v) is 3.05. The Kier molecular flexibility index (Phi) is 6.77. The molecule has 1 heterocycles. The highest BCUT2D eigenvalue weighted by Crippen LogP contribution is 2.27. The van der Waals surface area contributed by atoms with E-state index >= 15 is 0 Å². The number of allylic oxidation sites excluding steroid dienone is 4. The number of hydrogen-bond donors (Lipinski definition) is 2. The van der Waals surface area contributed by atoms with E-state index in [1.807, 2.05) is 62.4 Å². The molecule has 0 fully saturated rings. The van der Waals surface area contributed by atoms with E-state index in [0.717, 1.165) is 33.9 Å². The zero-order valence-corrected chi connectivity index (χ0v) is 17.9. The third-order valence-electron chi connectivity index (χ3n) is 4.17. The summed E-state index contributed by atoms with van der Waals surface area (Å²) >= 11 is 0. The minimum absolute atomic E-state index is 0.0219. The maximum atomic E-state index is 11.2. The van der Waals surface area contributed by atoms with Gasteiger partial charge in [-0.2, -0.15) is 0 Å². The van der Waals surface area contributed by atoms with Crippen molar-refractivity contribution in [2.45, 2.75) is 27.7 Å². The van der Waals surface area contributed by atoms with Crippen molar-refractivity contribution in [3.8, 4) is 22.9 Å². The molecule has 0 saturated heterocycles. The molecule has 0 amide bonds. The molecule has 0 bridgehead atoms. The first-order valence-electron chi connectivity index (χ1n) is 9.76. The number of nitrogens with one attached hydrogen (secondary N) is 2. The quantitative estimate of drug-likeness (QED) is 0.486. The van der Waals surface area contributed by atoms with Crippen molar-refractivity contribution in [2.75, 3.05) is 10.6 Å². The molecule has 2 N–H and O–H groups in total. The Morgan fingerprint density at radius 3 is 1.55 bits per heavy atom. The molecule has 0 aliphatic heterocycles. The smallest absolute Gasteiger partial charge is 0.248 e. The van der Waals surface area contributed by atoms with Crippen LogP contribution in [0.4, 0.5) is 11.4 Å². The predicted octanol–water partition coefficient (Wildman–Crippen LogP) is 5.21. The second-order valence-electron chi connectivity index (χ2n) is 7.20. The van der Waals surface area contributed by atoms with Gasteiger partial charge in [0.15, 0.2) is 11.6 Å². The maximum Gasteiger partial charge on any atom is 0.248 e. The molecular weight excluding hydrogens is 392 g/mol. The summed E-state index contributed by atoms with van der Waals surface area (Å²) in [5.41, 5.74) is 4.63. The number of aromatic nitrogens is 2. The second kappa shape index (κ2) is 9.67. The molecule has 31 heavy (non-hydrogen) atoms. The molecule has 0 saturated carbocycles. The van der Waals surface area contributed by atoms with E-state index in [1.165, 1.54) is 26.0 Å². The first kappa shape index (κ1) is 21.7. The number of carbonyl (C=O) groups excluding carboxylic acids is 2. The van der Waals surface area contributed by atoms with Gasteiger partial charge in [0, 0.05) is 33.9 Å². The Bertz CT molecular complexity index is 1080. The largest absolute Gasteiger partial charge is 0.416 e. The number of anilines is 2. The first-order valence-corrected chi connectivity index (χ1v) is 9.76. The van der Waals surface area contributed by atoms with Crippen LogP contribution in [0.3, 0.4) is 0 Å². The van der Waals surface area contributed by atoms with E-state index < -0.39 is 0 Å². The van der Waals surface area contributed by atoms with Crippen LogP contribution in [0.25, 0.3) is 22.9 Å². The molecule has 0 aliphatic rings.